The molecule has 1 aromatic carbocycles. The number of rotatable bonds is 3. The zero-order chi connectivity index (χ0) is 14.9. The Bertz CT molecular complexity index is 763. The van der Waals surface area contributed by atoms with Gasteiger partial charge in [0.2, 0.25) is 0 Å². The maximum absolute atomic E-state index is 12.3. The molecule has 1 heterocycles. The van der Waals surface area contributed by atoms with Gasteiger partial charge >= 0.3 is 0 Å². The molecule has 0 aliphatic rings. The van der Waals surface area contributed by atoms with Gasteiger partial charge in [-0.15, -0.1) is 0 Å². The molecule has 0 bridgehead atoms. The van der Waals surface area contributed by atoms with Gasteiger partial charge in [0.25, 0.3) is 10.0 Å². The van der Waals surface area contributed by atoms with E-state index in [1.165, 1.54) is 12.1 Å². The average Bonchev–Trinajstić information content (AvgIpc) is 2.38. The molecule has 0 fully saturated rings. The van der Waals surface area contributed by atoms with E-state index in [2.05, 4.69) is 9.71 Å². The summed E-state index contributed by atoms with van der Waals surface area (Å²) in [5.74, 6) is 0. The summed E-state index contributed by atoms with van der Waals surface area (Å²) >= 11 is 11.7. The smallest absolute Gasteiger partial charge is 0.263 e. The molecule has 8 heteroatoms. The van der Waals surface area contributed by atoms with Crippen LogP contribution in [0.25, 0.3) is 0 Å². The Morgan fingerprint density at radius 1 is 1.25 bits per heavy atom. The fourth-order valence-electron chi connectivity index (χ4n) is 1.55. The summed E-state index contributed by atoms with van der Waals surface area (Å²) in [6.45, 7) is 1.69. The summed E-state index contributed by atoms with van der Waals surface area (Å²) in [6.07, 6.45) is 1.57. The number of nitrogens with one attached hydrogen (secondary N) is 1. The second-order valence-corrected chi connectivity index (χ2v) is 6.45. The van der Waals surface area contributed by atoms with E-state index >= 15 is 0 Å². The van der Waals surface area contributed by atoms with Gasteiger partial charge in [-0.05, 0) is 31.2 Å². The van der Waals surface area contributed by atoms with E-state index in [1.807, 2.05) is 0 Å². The molecule has 0 amide bonds. The summed E-state index contributed by atoms with van der Waals surface area (Å²) in [5, 5.41) is 0.0954. The molecule has 1 aromatic heterocycles. The van der Waals surface area contributed by atoms with Crippen molar-refractivity contribution in [2.45, 2.75) is 11.8 Å². The highest BCUT2D eigenvalue weighted by Gasteiger charge is 2.21. The number of hydrogen-bond acceptors (Lipinski definition) is 4. The summed E-state index contributed by atoms with van der Waals surface area (Å²) in [5.41, 5.74) is 6.58. The van der Waals surface area contributed by atoms with Crippen LogP contribution in [0.4, 0.5) is 11.4 Å². The van der Waals surface area contributed by atoms with Crippen molar-refractivity contribution in [2.24, 2.45) is 0 Å². The number of hydrogen-bond donors (Lipinski definition) is 2. The molecule has 0 atom stereocenters. The predicted molar refractivity (Wildman–Crippen MR) is 80.7 cm³/mol. The van der Waals surface area contributed by atoms with Gasteiger partial charge in [-0.3, -0.25) is 9.71 Å². The van der Waals surface area contributed by atoms with Gasteiger partial charge in [0, 0.05) is 6.20 Å². The number of pyridine rings is 1. The van der Waals surface area contributed by atoms with Crippen LogP contribution in [-0.4, -0.2) is 13.4 Å². The van der Waals surface area contributed by atoms with Crippen LogP contribution >= 0.6 is 23.2 Å². The van der Waals surface area contributed by atoms with Crippen LogP contribution in [0.5, 0.6) is 0 Å². The van der Waals surface area contributed by atoms with Crippen LogP contribution < -0.4 is 10.5 Å². The summed E-state index contributed by atoms with van der Waals surface area (Å²) in [6, 6.07) is 5.91. The highest BCUT2D eigenvalue weighted by Crippen LogP contribution is 2.34. The second kappa shape index (κ2) is 5.47. The minimum Gasteiger partial charge on any atom is -0.396 e. The normalized spacial score (nSPS) is 11.3. The lowest BCUT2D eigenvalue weighted by Gasteiger charge is -2.12. The Kier molecular flexibility index (Phi) is 4.08. The minimum absolute atomic E-state index is 0.0270. The molecule has 20 heavy (non-hydrogen) atoms. The van der Waals surface area contributed by atoms with Crippen molar-refractivity contribution in [3.63, 3.8) is 0 Å². The van der Waals surface area contributed by atoms with Crippen LogP contribution in [0.15, 0.2) is 35.4 Å². The number of halogens is 2. The number of sulfonamides is 1. The van der Waals surface area contributed by atoms with Gasteiger partial charge in [-0.1, -0.05) is 23.2 Å². The second-order valence-electron chi connectivity index (χ2n) is 4.02. The number of anilines is 2. The number of nitrogen functional groups attached to an aromatic ring is 1. The molecule has 3 N–H and O–H groups in total. The monoisotopic (exact) mass is 331 g/mol. The van der Waals surface area contributed by atoms with Gasteiger partial charge in [-0.2, -0.15) is 0 Å². The third kappa shape index (κ3) is 2.82. The molecular formula is C12H11Cl2N3O2S. The van der Waals surface area contributed by atoms with Crippen LogP contribution in [0.1, 0.15) is 5.69 Å². The molecule has 2 aromatic rings. The van der Waals surface area contributed by atoms with Gasteiger partial charge < -0.3 is 5.73 Å². The lowest BCUT2D eigenvalue weighted by Crippen LogP contribution is -2.15. The first-order valence-corrected chi connectivity index (χ1v) is 7.75. The molecule has 0 unspecified atom stereocenters. The zero-order valence-electron chi connectivity index (χ0n) is 10.4. The van der Waals surface area contributed by atoms with Crippen LogP contribution in [0.2, 0.25) is 10.0 Å². The predicted octanol–water partition coefficient (Wildman–Crippen LogP) is 3.08. The quantitative estimate of drug-likeness (QED) is 0.846. The SMILES string of the molecule is Cc1ncccc1NS(=O)(=O)c1ccc(Cl)c(N)c1Cl. The fourth-order valence-corrected chi connectivity index (χ4v) is 3.43. The summed E-state index contributed by atoms with van der Waals surface area (Å²) in [7, 11) is -3.87. The summed E-state index contributed by atoms with van der Waals surface area (Å²) < 4.78 is 27.0. The molecule has 0 saturated carbocycles. The first-order valence-electron chi connectivity index (χ1n) is 5.51. The molecule has 0 aliphatic carbocycles. The van der Waals surface area contributed by atoms with Crippen molar-refractivity contribution in [1.29, 1.82) is 0 Å². The van der Waals surface area contributed by atoms with Gasteiger partial charge in [-0.25, -0.2) is 8.42 Å². The van der Waals surface area contributed by atoms with Crippen LogP contribution in [0.3, 0.4) is 0 Å². The largest absolute Gasteiger partial charge is 0.396 e. The van der Waals surface area contributed by atoms with E-state index in [-0.39, 0.29) is 20.6 Å². The number of aryl methyl sites for hydroxylation is 1. The third-order valence-electron chi connectivity index (χ3n) is 2.63. The van der Waals surface area contributed by atoms with E-state index in [9.17, 15) is 8.42 Å². The maximum Gasteiger partial charge on any atom is 0.263 e. The molecule has 2 rings (SSSR count). The zero-order valence-corrected chi connectivity index (χ0v) is 12.7. The van der Waals surface area contributed by atoms with Crippen LogP contribution in [0, 0.1) is 6.92 Å². The Labute approximate surface area is 126 Å². The Morgan fingerprint density at radius 2 is 1.95 bits per heavy atom. The minimum atomic E-state index is -3.87. The maximum atomic E-state index is 12.3. The number of aromatic nitrogens is 1. The molecular weight excluding hydrogens is 321 g/mol. The lowest BCUT2D eigenvalue weighted by molar-refractivity contribution is 0.601. The van der Waals surface area contributed by atoms with Gasteiger partial charge in [0.15, 0.2) is 0 Å². The van der Waals surface area contributed by atoms with Gasteiger partial charge in [0.05, 0.1) is 27.1 Å². The van der Waals surface area contributed by atoms with Crippen molar-refractivity contribution in [1.82, 2.24) is 4.98 Å². The van der Waals surface area contributed by atoms with Crippen molar-refractivity contribution < 1.29 is 8.42 Å². The van der Waals surface area contributed by atoms with E-state index in [0.717, 1.165) is 0 Å². The van der Waals surface area contributed by atoms with E-state index in [1.54, 1.807) is 25.3 Å². The highest BCUT2D eigenvalue weighted by atomic mass is 35.5. The van der Waals surface area contributed by atoms with E-state index in [0.29, 0.717) is 11.4 Å². The lowest BCUT2D eigenvalue weighted by atomic mass is 10.3. The Hall–Kier alpha value is -1.50. The van der Waals surface area contributed by atoms with E-state index < -0.39 is 10.0 Å². The van der Waals surface area contributed by atoms with Crippen molar-refractivity contribution in [3.8, 4) is 0 Å². The highest BCUT2D eigenvalue weighted by molar-refractivity contribution is 7.92. The molecule has 0 aliphatic heterocycles. The first kappa shape index (κ1) is 14.9. The molecule has 106 valence electrons. The van der Waals surface area contributed by atoms with Crippen molar-refractivity contribution >= 4 is 44.6 Å². The molecule has 0 saturated heterocycles. The Balaban J connectivity index is 2.47. The fraction of sp³-hybridized carbons (Fsp3) is 0.0833. The summed E-state index contributed by atoms with van der Waals surface area (Å²) in [4.78, 5) is 3.87. The number of nitrogens with zero attached hydrogens (tertiary/aromatic N) is 1. The Morgan fingerprint density at radius 3 is 2.60 bits per heavy atom. The molecule has 5 nitrogen and oxygen atoms in total. The van der Waals surface area contributed by atoms with Crippen molar-refractivity contribution in [2.75, 3.05) is 10.5 Å². The van der Waals surface area contributed by atoms with Crippen LogP contribution in [-0.2, 0) is 10.0 Å². The number of nitrogens with two attached hydrogens (primary N) is 1. The third-order valence-corrected chi connectivity index (χ3v) is 4.89. The molecule has 0 spiro atoms. The standard InChI is InChI=1S/C12H11Cl2N3O2S/c1-7-9(3-2-6-16-7)17-20(18,19)10-5-4-8(13)12(15)11(10)14/h2-6,17H,15H2,1H3. The molecule has 0 radical (unpaired) electrons. The van der Waals surface area contributed by atoms with Gasteiger partial charge in [0.1, 0.15) is 4.90 Å². The topological polar surface area (TPSA) is 85.1 Å². The van der Waals surface area contributed by atoms with E-state index in [4.69, 9.17) is 28.9 Å². The average molecular weight is 332 g/mol. The first-order chi connectivity index (χ1) is 9.33. The number of benzene rings is 1. The van der Waals surface area contributed by atoms with Crippen molar-refractivity contribution in [3.05, 3.63) is 46.2 Å².